The molecule has 2 rings (SSSR count). The molecule has 0 unspecified atom stereocenters. The van der Waals surface area contributed by atoms with Crippen molar-refractivity contribution >= 4 is 17.3 Å². The Kier molecular flexibility index (Phi) is 4.96. The molecule has 1 aliphatic heterocycles. The largest absolute Gasteiger partial charge is 0.394 e. The Balaban J connectivity index is 1.87. The molecule has 1 heterocycles. The van der Waals surface area contributed by atoms with Gasteiger partial charge in [-0.2, -0.15) is 0 Å². The number of benzene rings is 1. The predicted octanol–water partition coefficient (Wildman–Crippen LogP) is 1.91. The van der Waals surface area contributed by atoms with E-state index in [1.807, 2.05) is 18.2 Å². The van der Waals surface area contributed by atoms with Gasteiger partial charge in [0.15, 0.2) is 5.11 Å². The maximum absolute atomic E-state index is 9.37. The number of piperidine rings is 1. The van der Waals surface area contributed by atoms with Crippen LogP contribution >= 0.6 is 12.2 Å². The Morgan fingerprint density at radius 3 is 2.83 bits per heavy atom. The molecule has 0 radical (unpaired) electrons. The molecule has 98 valence electrons. The van der Waals surface area contributed by atoms with Crippen molar-refractivity contribution < 1.29 is 5.11 Å². The summed E-state index contributed by atoms with van der Waals surface area (Å²) < 4.78 is 0. The van der Waals surface area contributed by atoms with Crippen LogP contribution in [0.2, 0.25) is 0 Å². The lowest BCUT2D eigenvalue weighted by atomic mass is 10.0. The summed E-state index contributed by atoms with van der Waals surface area (Å²) in [6.07, 6.45) is 3.37. The van der Waals surface area contributed by atoms with Crippen LogP contribution < -0.4 is 5.32 Å². The second-order valence-corrected chi connectivity index (χ2v) is 5.06. The summed E-state index contributed by atoms with van der Waals surface area (Å²) in [4.78, 5) is 2.13. The van der Waals surface area contributed by atoms with Crippen molar-refractivity contribution in [2.24, 2.45) is 0 Å². The molecule has 1 saturated heterocycles. The van der Waals surface area contributed by atoms with E-state index in [-0.39, 0.29) is 12.6 Å². The van der Waals surface area contributed by atoms with Gasteiger partial charge in [0.05, 0.1) is 12.6 Å². The minimum Gasteiger partial charge on any atom is -0.394 e. The summed E-state index contributed by atoms with van der Waals surface area (Å²) in [5.74, 6) is 0. The third-order valence-electron chi connectivity index (χ3n) is 3.39. The highest BCUT2D eigenvalue weighted by Crippen LogP contribution is 2.16. The van der Waals surface area contributed by atoms with E-state index in [1.54, 1.807) is 0 Å². The van der Waals surface area contributed by atoms with Gasteiger partial charge in [-0.05, 0) is 37.0 Å². The number of aliphatic hydroxyl groups is 1. The molecule has 0 aliphatic carbocycles. The highest BCUT2D eigenvalue weighted by molar-refractivity contribution is 7.80. The first kappa shape index (κ1) is 13.3. The fourth-order valence-corrected chi connectivity index (χ4v) is 2.65. The van der Waals surface area contributed by atoms with Crippen molar-refractivity contribution in [1.82, 2.24) is 10.2 Å². The summed E-state index contributed by atoms with van der Waals surface area (Å²) in [6.45, 7) is 1.88. The smallest absolute Gasteiger partial charge is 0.169 e. The van der Waals surface area contributed by atoms with Gasteiger partial charge in [0, 0.05) is 13.1 Å². The average Bonchev–Trinajstić information content (AvgIpc) is 2.45. The molecule has 0 spiro atoms. The first-order valence-corrected chi connectivity index (χ1v) is 6.91. The first-order chi connectivity index (χ1) is 8.81. The van der Waals surface area contributed by atoms with Crippen LogP contribution in [0, 0.1) is 0 Å². The van der Waals surface area contributed by atoms with E-state index in [9.17, 15) is 5.11 Å². The zero-order valence-electron chi connectivity index (χ0n) is 10.5. The molecule has 18 heavy (non-hydrogen) atoms. The van der Waals surface area contributed by atoms with Crippen molar-refractivity contribution in [2.45, 2.75) is 31.8 Å². The third kappa shape index (κ3) is 3.43. The number of likely N-dealkylation sites (tertiary alicyclic amines) is 1. The first-order valence-electron chi connectivity index (χ1n) is 6.50. The average molecular weight is 264 g/mol. The number of rotatable bonds is 3. The van der Waals surface area contributed by atoms with Crippen LogP contribution in [0.1, 0.15) is 24.8 Å². The Morgan fingerprint density at radius 2 is 2.11 bits per heavy atom. The third-order valence-corrected chi connectivity index (χ3v) is 3.76. The topological polar surface area (TPSA) is 35.5 Å². The highest BCUT2D eigenvalue weighted by Gasteiger charge is 2.23. The summed E-state index contributed by atoms with van der Waals surface area (Å²) in [6, 6.07) is 10.4. The molecule has 1 atom stereocenters. The Labute approximate surface area is 114 Å². The lowest BCUT2D eigenvalue weighted by Gasteiger charge is -2.36. The molecule has 0 amide bonds. The van der Waals surface area contributed by atoms with E-state index in [1.165, 1.54) is 12.0 Å². The zero-order valence-corrected chi connectivity index (χ0v) is 11.3. The van der Waals surface area contributed by atoms with Crippen LogP contribution in [0.5, 0.6) is 0 Å². The number of nitrogens with zero attached hydrogens (tertiary/aromatic N) is 1. The van der Waals surface area contributed by atoms with Gasteiger partial charge in [-0.1, -0.05) is 30.3 Å². The normalized spacial score (nSPS) is 19.6. The summed E-state index contributed by atoms with van der Waals surface area (Å²) in [5.41, 5.74) is 1.22. The molecule has 0 saturated carbocycles. The molecule has 1 fully saturated rings. The SMILES string of the molecule is OC[C@H]1CCCCN1C(=S)NCc1ccccc1. The van der Waals surface area contributed by atoms with E-state index >= 15 is 0 Å². The molecular weight excluding hydrogens is 244 g/mol. The molecule has 0 bridgehead atoms. The minimum absolute atomic E-state index is 0.188. The van der Waals surface area contributed by atoms with Crippen molar-refractivity contribution in [3.8, 4) is 0 Å². The molecule has 0 aromatic heterocycles. The lowest BCUT2D eigenvalue weighted by molar-refractivity contribution is 0.146. The van der Waals surface area contributed by atoms with Crippen LogP contribution in [0.25, 0.3) is 0 Å². The Morgan fingerprint density at radius 1 is 1.33 bits per heavy atom. The van der Waals surface area contributed by atoms with Gasteiger partial charge in [0.2, 0.25) is 0 Å². The molecular formula is C14H20N2OS. The monoisotopic (exact) mass is 264 g/mol. The molecule has 3 nitrogen and oxygen atoms in total. The van der Waals surface area contributed by atoms with Crippen LogP contribution in [-0.4, -0.2) is 34.3 Å². The Bertz CT molecular complexity index is 383. The molecule has 1 aliphatic rings. The van der Waals surface area contributed by atoms with Gasteiger partial charge in [0.1, 0.15) is 0 Å². The number of hydrogen-bond donors (Lipinski definition) is 2. The van der Waals surface area contributed by atoms with Gasteiger partial charge in [-0.15, -0.1) is 0 Å². The molecule has 1 aromatic rings. The van der Waals surface area contributed by atoms with Crippen molar-refractivity contribution in [2.75, 3.05) is 13.2 Å². The lowest BCUT2D eigenvalue weighted by Crippen LogP contribution is -2.49. The second-order valence-electron chi connectivity index (χ2n) is 4.67. The number of nitrogens with one attached hydrogen (secondary N) is 1. The van der Waals surface area contributed by atoms with E-state index in [4.69, 9.17) is 12.2 Å². The van der Waals surface area contributed by atoms with E-state index in [0.717, 1.165) is 31.0 Å². The summed E-state index contributed by atoms with van der Waals surface area (Å²) >= 11 is 5.42. The van der Waals surface area contributed by atoms with Gasteiger partial charge in [-0.25, -0.2) is 0 Å². The number of aliphatic hydroxyl groups excluding tert-OH is 1. The summed E-state index contributed by atoms with van der Waals surface area (Å²) in [7, 11) is 0. The van der Waals surface area contributed by atoms with Crippen molar-refractivity contribution in [3.63, 3.8) is 0 Å². The maximum atomic E-state index is 9.37. The molecule has 4 heteroatoms. The van der Waals surface area contributed by atoms with Crippen LogP contribution in [0.3, 0.4) is 0 Å². The highest BCUT2D eigenvalue weighted by atomic mass is 32.1. The quantitative estimate of drug-likeness (QED) is 0.818. The van der Waals surface area contributed by atoms with Gasteiger partial charge in [-0.3, -0.25) is 0 Å². The van der Waals surface area contributed by atoms with Crippen LogP contribution in [-0.2, 0) is 6.54 Å². The van der Waals surface area contributed by atoms with Gasteiger partial charge < -0.3 is 15.3 Å². The minimum atomic E-state index is 0.188. The maximum Gasteiger partial charge on any atom is 0.169 e. The van der Waals surface area contributed by atoms with Crippen molar-refractivity contribution in [3.05, 3.63) is 35.9 Å². The fourth-order valence-electron chi connectivity index (χ4n) is 2.33. The number of hydrogen-bond acceptors (Lipinski definition) is 2. The molecule has 1 aromatic carbocycles. The second kappa shape index (κ2) is 6.71. The van der Waals surface area contributed by atoms with E-state index < -0.39 is 0 Å². The zero-order chi connectivity index (χ0) is 12.8. The number of thiocarbonyl (C=S) groups is 1. The predicted molar refractivity (Wildman–Crippen MR) is 77.3 cm³/mol. The van der Waals surface area contributed by atoms with E-state index in [0.29, 0.717) is 0 Å². The Hall–Kier alpha value is -1.13. The van der Waals surface area contributed by atoms with Gasteiger partial charge >= 0.3 is 0 Å². The molecule has 2 N–H and O–H groups in total. The van der Waals surface area contributed by atoms with Gasteiger partial charge in [0.25, 0.3) is 0 Å². The standard InChI is InChI=1S/C14H20N2OS/c17-11-13-8-4-5-9-16(13)14(18)15-10-12-6-2-1-3-7-12/h1-3,6-7,13,17H,4-5,8-11H2,(H,15,18)/t13-/m1/s1. The fraction of sp³-hybridized carbons (Fsp3) is 0.500. The van der Waals surface area contributed by atoms with Crippen molar-refractivity contribution in [1.29, 1.82) is 0 Å². The van der Waals surface area contributed by atoms with E-state index in [2.05, 4.69) is 22.3 Å². The summed E-state index contributed by atoms with van der Waals surface area (Å²) in [5, 5.41) is 13.4. The van der Waals surface area contributed by atoms with Crippen LogP contribution in [0.4, 0.5) is 0 Å². The van der Waals surface area contributed by atoms with Crippen LogP contribution in [0.15, 0.2) is 30.3 Å².